The van der Waals surface area contributed by atoms with E-state index in [1.165, 1.54) is 180 Å². The molecule has 19 heteroatoms. The van der Waals surface area contributed by atoms with Crippen molar-refractivity contribution in [1.82, 2.24) is 0 Å². The molecule has 0 aromatic heterocycles. The van der Waals surface area contributed by atoms with Crippen molar-refractivity contribution in [1.29, 1.82) is 0 Å². The van der Waals surface area contributed by atoms with Crippen LogP contribution in [0.25, 0.3) is 0 Å². The Hall–Kier alpha value is -1.94. The number of hydrogen-bond donors (Lipinski definition) is 3. The topological polar surface area (TPSA) is 237 Å². The first-order chi connectivity index (χ1) is 43.4. The second-order valence-electron chi connectivity index (χ2n) is 26.1. The minimum Gasteiger partial charge on any atom is -0.462 e. The van der Waals surface area contributed by atoms with Gasteiger partial charge in [-0.15, -0.1) is 0 Å². The lowest BCUT2D eigenvalue weighted by Crippen LogP contribution is -2.30. The monoisotopic (exact) mass is 1320 g/mol. The van der Waals surface area contributed by atoms with Crippen LogP contribution in [0.2, 0.25) is 0 Å². The molecular weight excluding hydrogens is 1190 g/mol. The summed E-state index contributed by atoms with van der Waals surface area (Å²) in [7, 11) is -9.90. The highest BCUT2D eigenvalue weighted by Gasteiger charge is 2.30. The maximum absolute atomic E-state index is 13.0. The van der Waals surface area contributed by atoms with Crippen LogP contribution in [0.4, 0.5) is 0 Å². The van der Waals surface area contributed by atoms with Gasteiger partial charge >= 0.3 is 39.5 Å². The van der Waals surface area contributed by atoms with Gasteiger partial charge in [0.2, 0.25) is 0 Å². The van der Waals surface area contributed by atoms with Gasteiger partial charge in [0.25, 0.3) is 0 Å². The number of aliphatic hydroxyl groups excluding tert-OH is 1. The summed E-state index contributed by atoms with van der Waals surface area (Å²) < 4.78 is 68.3. The van der Waals surface area contributed by atoms with E-state index in [-0.39, 0.29) is 25.7 Å². The molecule has 0 aliphatic rings. The zero-order chi connectivity index (χ0) is 66.5. The number of ether oxygens (including phenoxy) is 4. The summed E-state index contributed by atoms with van der Waals surface area (Å²) in [5.74, 6) is -0.550. The van der Waals surface area contributed by atoms with Gasteiger partial charge in [-0.05, 0) is 37.5 Å². The molecule has 7 atom stereocenters. The first-order valence-corrected chi connectivity index (χ1v) is 40.1. The molecule has 4 unspecified atom stereocenters. The molecule has 0 rings (SSSR count). The molecule has 0 saturated carbocycles. The second-order valence-corrected chi connectivity index (χ2v) is 29.0. The first-order valence-electron chi connectivity index (χ1n) is 37.1. The van der Waals surface area contributed by atoms with Gasteiger partial charge < -0.3 is 33.8 Å². The standard InChI is InChI=1S/C71H138O17P2/c1-7-11-13-15-17-19-21-22-23-24-29-36-42-48-54-69(74)82-59-66(87-70(75)55-49-43-37-30-26-25-27-33-39-45-51-63(5)9-3)61-85-89(77,78)83-57-65(72)58-84-90(79,80)86-62-67(60-81-68(73)53-47-41-35-28-20-18-16-14-12-8-2)88-71(76)56-50-44-38-32-31-34-40-46-52-64(6)10-4/h63-67,72H,7-62H2,1-6H3,(H,77,78)(H,79,80)/t63?,64?,65-,66-,67-/m1/s1. The Kier molecular flexibility index (Phi) is 61.8. The smallest absolute Gasteiger partial charge is 0.462 e. The van der Waals surface area contributed by atoms with Gasteiger partial charge in [0.05, 0.1) is 26.4 Å². The van der Waals surface area contributed by atoms with Gasteiger partial charge in [-0.1, -0.05) is 311 Å². The van der Waals surface area contributed by atoms with E-state index in [0.29, 0.717) is 25.7 Å². The quantitative estimate of drug-likeness (QED) is 0.0222. The van der Waals surface area contributed by atoms with E-state index in [9.17, 15) is 43.2 Å². The van der Waals surface area contributed by atoms with E-state index in [4.69, 9.17) is 37.0 Å². The summed E-state index contributed by atoms with van der Waals surface area (Å²) in [4.78, 5) is 72.6. The molecule has 0 saturated heterocycles. The lowest BCUT2D eigenvalue weighted by Gasteiger charge is -2.21. The third-order valence-corrected chi connectivity index (χ3v) is 19.1. The molecule has 0 aromatic rings. The highest BCUT2D eigenvalue weighted by molar-refractivity contribution is 7.47. The first kappa shape index (κ1) is 88.1. The van der Waals surface area contributed by atoms with Crippen LogP contribution >= 0.6 is 15.6 Å². The van der Waals surface area contributed by atoms with Crippen LogP contribution in [-0.2, 0) is 65.4 Å². The van der Waals surface area contributed by atoms with Crippen LogP contribution in [0.3, 0.4) is 0 Å². The summed E-state index contributed by atoms with van der Waals surface area (Å²) in [5, 5.41) is 10.6. The second kappa shape index (κ2) is 63.1. The SMILES string of the molecule is CCCCCCCCCCCCCCCCC(=O)OC[C@H](COP(=O)(O)OC[C@@H](O)COP(=O)(O)OC[C@@H](COC(=O)CCCCCCCCCCCC)OC(=O)CCCCCCCCCCC(C)CC)OC(=O)CCCCCCCCCCCCC(C)CC. The minimum atomic E-state index is -4.95. The van der Waals surface area contributed by atoms with Crippen LogP contribution in [0.5, 0.6) is 0 Å². The fraction of sp³-hybridized carbons (Fsp3) is 0.944. The third kappa shape index (κ3) is 62.2. The summed E-state index contributed by atoms with van der Waals surface area (Å²) in [5.41, 5.74) is 0. The van der Waals surface area contributed by atoms with Crippen LogP contribution < -0.4 is 0 Å². The van der Waals surface area contributed by atoms with Gasteiger partial charge in [-0.3, -0.25) is 37.3 Å². The van der Waals surface area contributed by atoms with E-state index in [0.717, 1.165) is 102 Å². The van der Waals surface area contributed by atoms with E-state index >= 15 is 0 Å². The number of phosphoric acid groups is 2. The number of aliphatic hydroxyl groups is 1. The van der Waals surface area contributed by atoms with Crippen molar-refractivity contribution in [2.45, 2.75) is 381 Å². The van der Waals surface area contributed by atoms with Crippen LogP contribution in [0.15, 0.2) is 0 Å². The molecule has 90 heavy (non-hydrogen) atoms. The fourth-order valence-electron chi connectivity index (χ4n) is 10.7. The van der Waals surface area contributed by atoms with Crippen molar-refractivity contribution < 1.29 is 80.2 Å². The molecule has 0 aliphatic heterocycles. The van der Waals surface area contributed by atoms with Gasteiger partial charge in [0.15, 0.2) is 12.2 Å². The summed E-state index contributed by atoms with van der Waals surface area (Å²) in [6.07, 6.45) is 48.3. The number of carbonyl (C=O) groups excluding carboxylic acids is 4. The minimum absolute atomic E-state index is 0.105. The molecule has 0 heterocycles. The highest BCUT2D eigenvalue weighted by atomic mass is 31.2. The van der Waals surface area contributed by atoms with Gasteiger partial charge in [-0.25, -0.2) is 9.13 Å². The lowest BCUT2D eigenvalue weighted by atomic mass is 9.99. The molecule has 0 radical (unpaired) electrons. The number of carbonyl (C=O) groups is 4. The average molecular weight is 1330 g/mol. The molecule has 0 bridgehead atoms. The summed E-state index contributed by atoms with van der Waals surface area (Å²) >= 11 is 0. The van der Waals surface area contributed by atoms with Gasteiger partial charge in [-0.2, -0.15) is 0 Å². The molecular formula is C71H138O17P2. The number of esters is 4. The van der Waals surface area contributed by atoms with E-state index in [1.807, 2.05) is 0 Å². The van der Waals surface area contributed by atoms with Gasteiger partial charge in [0, 0.05) is 25.7 Å². The molecule has 0 aliphatic carbocycles. The molecule has 0 aromatic carbocycles. The van der Waals surface area contributed by atoms with Crippen molar-refractivity contribution in [2.75, 3.05) is 39.6 Å². The van der Waals surface area contributed by atoms with Crippen molar-refractivity contribution in [3.05, 3.63) is 0 Å². The Morgan fingerprint density at radius 3 is 0.789 bits per heavy atom. The van der Waals surface area contributed by atoms with Crippen molar-refractivity contribution >= 4 is 39.5 Å². The maximum atomic E-state index is 13.0. The van der Waals surface area contributed by atoms with E-state index in [2.05, 4.69) is 41.5 Å². The van der Waals surface area contributed by atoms with Crippen molar-refractivity contribution in [2.24, 2.45) is 11.8 Å². The number of rotatable bonds is 70. The fourth-order valence-corrected chi connectivity index (χ4v) is 12.3. The maximum Gasteiger partial charge on any atom is 0.472 e. The van der Waals surface area contributed by atoms with Crippen LogP contribution in [0.1, 0.15) is 363 Å². The molecule has 3 N–H and O–H groups in total. The Balaban J connectivity index is 5.26. The highest BCUT2D eigenvalue weighted by Crippen LogP contribution is 2.45. The third-order valence-electron chi connectivity index (χ3n) is 17.2. The Bertz CT molecular complexity index is 1760. The zero-order valence-electron chi connectivity index (χ0n) is 58.4. The Morgan fingerprint density at radius 1 is 0.311 bits per heavy atom. The molecule has 0 amide bonds. The average Bonchev–Trinajstić information content (AvgIpc) is 3.62. The Morgan fingerprint density at radius 2 is 0.533 bits per heavy atom. The summed E-state index contributed by atoms with van der Waals surface area (Å²) in [6, 6.07) is 0. The summed E-state index contributed by atoms with van der Waals surface area (Å²) in [6.45, 7) is 9.57. The molecule has 0 fully saturated rings. The van der Waals surface area contributed by atoms with Crippen LogP contribution in [0, 0.1) is 11.8 Å². The van der Waals surface area contributed by atoms with Gasteiger partial charge in [0.1, 0.15) is 19.3 Å². The van der Waals surface area contributed by atoms with E-state index in [1.54, 1.807) is 0 Å². The van der Waals surface area contributed by atoms with E-state index < -0.39 is 97.5 Å². The Labute approximate surface area is 549 Å². The molecule has 17 nitrogen and oxygen atoms in total. The molecule has 0 spiro atoms. The van der Waals surface area contributed by atoms with Crippen LogP contribution in [-0.4, -0.2) is 96.7 Å². The zero-order valence-corrected chi connectivity index (χ0v) is 60.2. The predicted molar refractivity (Wildman–Crippen MR) is 363 cm³/mol. The molecule has 534 valence electrons. The predicted octanol–water partition coefficient (Wildman–Crippen LogP) is 20.4. The number of phosphoric ester groups is 2. The van der Waals surface area contributed by atoms with Crippen molar-refractivity contribution in [3.63, 3.8) is 0 Å². The largest absolute Gasteiger partial charge is 0.472 e. The number of unbranched alkanes of at least 4 members (excludes halogenated alkanes) is 38. The lowest BCUT2D eigenvalue weighted by molar-refractivity contribution is -0.161. The van der Waals surface area contributed by atoms with Crippen molar-refractivity contribution in [3.8, 4) is 0 Å². The normalized spacial score (nSPS) is 14.7. The number of hydrogen-bond acceptors (Lipinski definition) is 15.